The highest BCUT2D eigenvalue weighted by molar-refractivity contribution is 5.80. The Bertz CT molecular complexity index is 674. The molecule has 3 heterocycles. The first-order valence-corrected chi connectivity index (χ1v) is 6.23. The number of fused-ring (bicyclic) bond motifs is 1. The van der Waals surface area contributed by atoms with Gasteiger partial charge in [-0.1, -0.05) is 6.07 Å². The molecule has 3 rings (SSSR count). The summed E-state index contributed by atoms with van der Waals surface area (Å²) >= 11 is 0. The summed E-state index contributed by atoms with van der Waals surface area (Å²) < 4.78 is 2.28. The maximum absolute atomic E-state index is 12.1. The quantitative estimate of drug-likeness (QED) is 0.762. The number of rotatable bonds is 2. The van der Waals surface area contributed by atoms with Crippen LogP contribution in [0.1, 0.15) is 11.2 Å². The smallest absolute Gasteiger partial charge is 0.326 e. The summed E-state index contributed by atoms with van der Waals surface area (Å²) in [4.78, 5) is 26.1. The molecule has 1 aliphatic rings. The topological polar surface area (TPSA) is 85.6 Å². The summed E-state index contributed by atoms with van der Waals surface area (Å²) in [5.74, 6) is -0.317. The van der Waals surface area contributed by atoms with Crippen molar-refractivity contribution < 1.29 is 4.79 Å². The van der Waals surface area contributed by atoms with Gasteiger partial charge in [-0.15, -0.1) is 9.78 Å². The van der Waals surface area contributed by atoms with Gasteiger partial charge in [-0.3, -0.25) is 9.69 Å². The van der Waals surface area contributed by atoms with Crippen molar-refractivity contribution in [3.63, 3.8) is 0 Å². The molecule has 0 aliphatic carbocycles. The molecule has 2 aromatic heterocycles. The molecule has 1 saturated heterocycles. The molecular formula is C12H15N5O2. The van der Waals surface area contributed by atoms with Crippen LogP contribution in [-0.4, -0.2) is 50.7 Å². The largest absolute Gasteiger partial charge is 0.357 e. The Labute approximate surface area is 109 Å². The van der Waals surface area contributed by atoms with Crippen molar-refractivity contribution in [2.45, 2.75) is 12.5 Å². The molecular weight excluding hydrogens is 246 g/mol. The van der Waals surface area contributed by atoms with Crippen LogP contribution in [0.25, 0.3) is 5.65 Å². The third-order valence-corrected chi connectivity index (χ3v) is 3.33. The van der Waals surface area contributed by atoms with Crippen LogP contribution >= 0.6 is 0 Å². The van der Waals surface area contributed by atoms with Crippen LogP contribution in [0.15, 0.2) is 29.2 Å². The van der Waals surface area contributed by atoms with Crippen molar-refractivity contribution in [3.05, 3.63) is 34.9 Å². The lowest BCUT2D eigenvalue weighted by Gasteiger charge is -2.12. The normalized spacial score (nSPS) is 20.2. The summed E-state index contributed by atoms with van der Waals surface area (Å²) in [7, 11) is 0. The molecule has 1 atom stereocenters. The number of carbonyl (C=O) groups is 1. The fourth-order valence-electron chi connectivity index (χ4n) is 2.35. The van der Waals surface area contributed by atoms with Gasteiger partial charge in [-0.25, -0.2) is 9.20 Å². The van der Waals surface area contributed by atoms with E-state index in [1.807, 2.05) is 4.90 Å². The van der Waals surface area contributed by atoms with E-state index in [-0.39, 0.29) is 18.5 Å². The van der Waals surface area contributed by atoms with Crippen LogP contribution in [-0.2, 0) is 0 Å². The third kappa shape index (κ3) is 2.18. The fourth-order valence-corrected chi connectivity index (χ4v) is 2.35. The highest BCUT2D eigenvalue weighted by Gasteiger charge is 2.23. The minimum absolute atomic E-state index is 0.116. The molecule has 2 N–H and O–H groups in total. The van der Waals surface area contributed by atoms with Crippen LogP contribution in [0.3, 0.4) is 0 Å². The van der Waals surface area contributed by atoms with Crippen LogP contribution in [0.5, 0.6) is 0 Å². The first-order chi connectivity index (χ1) is 9.15. The van der Waals surface area contributed by atoms with Crippen molar-refractivity contribution in [1.82, 2.24) is 19.1 Å². The number of aromatic nitrogens is 3. The van der Waals surface area contributed by atoms with Crippen molar-refractivity contribution >= 4 is 11.6 Å². The highest BCUT2D eigenvalue weighted by atomic mass is 16.2. The molecule has 0 unspecified atom stereocenters. The van der Waals surface area contributed by atoms with E-state index >= 15 is 0 Å². The van der Waals surface area contributed by atoms with E-state index in [4.69, 9.17) is 5.73 Å². The van der Waals surface area contributed by atoms with E-state index in [9.17, 15) is 9.59 Å². The lowest BCUT2D eigenvalue weighted by atomic mass is 10.3. The predicted octanol–water partition coefficient (Wildman–Crippen LogP) is -0.831. The van der Waals surface area contributed by atoms with Gasteiger partial charge in [0.05, 0.1) is 6.54 Å². The lowest BCUT2D eigenvalue weighted by molar-refractivity contribution is 0.0842. The monoisotopic (exact) mass is 261 g/mol. The van der Waals surface area contributed by atoms with Gasteiger partial charge in [0.25, 0.3) is 5.91 Å². The Hall–Kier alpha value is -1.99. The van der Waals surface area contributed by atoms with E-state index < -0.39 is 5.69 Å². The van der Waals surface area contributed by atoms with Gasteiger partial charge in [0.2, 0.25) is 0 Å². The zero-order valence-electron chi connectivity index (χ0n) is 10.4. The summed E-state index contributed by atoms with van der Waals surface area (Å²) in [6, 6.07) is 5.31. The Morgan fingerprint density at radius 3 is 3.00 bits per heavy atom. The lowest BCUT2D eigenvalue weighted by Crippen LogP contribution is -2.37. The Balaban J connectivity index is 1.86. The molecule has 7 nitrogen and oxygen atoms in total. The van der Waals surface area contributed by atoms with E-state index in [1.165, 1.54) is 4.40 Å². The molecule has 0 saturated carbocycles. The standard InChI is InChI=1S/C12H15N5O2/c13-9-4-6-15(7-9)8-11(18)17-12(19)16-5-2-1-3-10(16)14-17/h1-3,5,9H,4,6-8,13H2/t9-/m0/s1. The molecule has 100 valence electrons. The predicted molar refractivity (Wildman–Crippen MR) is 69.1 cm³/mol. The molecule has 0 spiro atoms. The Morgan fingerprint density at radius 1 is 1.47 bits per heavy atom. The zero-order chi connectivity index (χ0) is 13.4. The summed E-state index contributed by atoms with van der Waals surface area (Å²) in [6.45, 7) is 1.65. The van der Waals surface area contributed by atoms with Crippen LogP contribution < -0.4 is 11.4 Å². The van der Waals surface area contributed by atoms with Crippen LogP contribution in [0.2, 0.25) is 0 Å². The van der Waals surface area contributed by atoms with Gasteiger partial charge in [-0.2, -0.15) is 0 Å². The van der Waals surface area contributed by atoms with Crippen molar-refractivity contribution in [3.8, 4) is 0 Å². The first kappa shape index (κ1) is 12.1. The number of nitrogens with zero attached hydrogens (tertiary/aromatic N) is 4. The van der Waals surface area contributed by atoms with Crippen molar-refractivity contribution in [2.75, 3.05) is 19.6 Å². The minimum atomic E-state index is -0.427. The zero-order valence-corrected chi connectivity index (χ0v) is 10.4. The summed E-state index contributed by atoms with van der Waals surface area (Å²) in [5.41, 5.74) is 5.83. The second-order valence-electron chi connectivity index (χ2n) is 4.80. The average molecular weight is 261 g/mol. The number of likely N-dealkylation sites (tertiary alicyclic amines) is 1. The molecule has 0 bridgehead atoms. The van der Waals surface area contributed by atoms with Gasteiger partial charge in [0.1, 0.15) is 0 Å². The second kappa shape index (κ2) is 4.60. The minimum Gasteiger partial charge on any atom is -0.326 e. The summed E-state index contributed by atoms with van der Waals surface area (Å²) in [6.07, 6.45) is 2.48. The Morgan fingerprint density at radius 2 is 2.32 bits per heavy atom. The molecule has 0 amide bonds. The van der Waals surface area contributed by atoms with Crippen LogP contribution in [0.4, 0.5) is 0 Å². The van der Waals surface area contributed by atoms with E-state index in [0.29, 0.717) is 12.2 Å². The van der Waals surface area contributed by atoms with E-state index in [1.54, 1.807) is 24.4 Å². The third-order valence-electron chi connectivity index (χ3n) is 3.33. The molecule has 19 heavy (non-hydrogen) atoms. The van der Waals surface area contributed by atoms with E-state index in [0.717, 1.165) is 17.6 Å². The fraction of sp³-hybridized carbons (Fsp3) is 0.417. The molecule has 1 aliphatic heterocycles. The van der Waals surface area contributed by atoms with Gasteiger partial charge in [-0.05, 0) is 18.6 Å². The number of nitrogens with two attached hydrogens (primary N) is 1. The highest BCUT2D eigenvalue weighted by Crippen LogP contribution is 2.06. The number of hydrogen-bond acceptors (Lipinski definition) is 5. The SMILES string of the molecule is N[C@H]1CCN(CC(=O)n2nc3ccccn3c2=O)C1. The molecule has 0 radical (unpaired) electrons. The Kier molecular flexibility index (Phi) is 2.92. The van der Waals surface area contributed by atoms with Crippen molar-refractivity contribution in [2.24, 2.45) is 5.73 Å². The maximum Gasteiger partial charge on any atom is 0.357 e. The van der Waals surface area contributed by atoms with E-state index in [2.05, 4.69) is 5.10 Å². The van der Waals surface area contributed by atoms with Crippen molar-refractivity contribution in [1.29, 1.82) is 0 Å². The number of pyridine rings is 1. The van der Waals surface area contributed by atoms with Gasteiger partial charge in [0, 0.05) is 25.3 Å². The van der Waals surface area contributed by atoms with Crippen LogP contribution in [0, 0.1) is 0 Å². The van der Waals surface area contributed by atoms with Gasteiger partial charge >= 0.3 is 5.69 Å². The molecule has 0 aromatic carbocycles. The number of hydrogen-bond donors (Lipinski definition) is 1. The summed E-state index contributed by atoms with van der Waals surface area (Å²) in [5, 5.41) is 4.03. The second-order valence-corrected chi connectivity index (χ2v) is 4.80. The first-order valence-electron chi connectivity index (χ1n) is 6.23. The van der Waals surface area contributed by atoms with Gasteiger partial charge in [0.15, 0.2) is 5.65 Å². The maximum atomic E-state index is 12.1. The molecule has 2 aromatic rings. The molecule has 7 heteroatoms. The average Bonchev–Trinajstić information content (AvgIpc) is 2.94. The van der Waals surface area contributed by atoms with Gasteiger partial charge < -0.3 is 5.73 Å². The number of carbonyl (C=O) groups excluding carboxylic acids is 1. The molecule has 1 fully saturated rings.